The lowest BCUT2D eigenvalue weighted by Gasteiger charge is -2.18. The maximum absolute atomic E-state index is 12.7. The molecule has 0 radical (unpaired) electrons. The van der Waals surface area contributed by atoms with Gasteiger partial charge in [0.25, 0.3) is 0 Å². The van der Waals surface area contributed by atoms with Gasteiger partial charge in [-0.15, -0.1) is 0 Å². The Labute approximate surface area is 344 Å². The average molecular weight is 779 g/mol. The first-order valence-electron chi connectivity index (χ1n) is 22.6. The monoisotopic (exact) mass is 779 g/mol. The van der Waals surface area contributed by atoms with Crippen LogP contribution >= 0.6 is 0 Å². The molecule has 1 atom stereocenters. The summed E-state index contributed by atoms with van der Waals surface area (Å²) in [6, 6.07) is 0. The van der Waals surface area contributed by atoms with Crippen LogP contribution in [0.1, 0.15) is 194 Å². The van der Waals surface area contributed by atoms with Crippen LogP contribution in [0, 0.1) is 0 Å². The second kappa shape index (κ2) is 44.3. The maximum atomic E-state index is 12.7. The van der Waals surface area contributed by atoms with E-state index in [1.807, 2.05) is 0 Å². The van der Waals surface area contributed by atoms with E-state index in [1.165, 1.54) is 64.2 Å². The third-order valence-electron chi connectivity index (χ3n) is 9.13. The molecule has 0 fully saturated rings. The third kappa shape index (κ3) is 41.7. The first kappa shape index (κ1) is 52.6. The summed E-state index contributed by atoms with van der Waals surface area (Å²) in [4.78, 5) is 37.6. The van der Waals surface area contributed by atoms with E-state index in [2.05, 4.69) is 106 Å². The van der Waals surface area contributed by atoms with Crippen LogP contribution in [0.3, 0.4) is 0 Å². The van der Waals surface area contributed by atoms with Crippen molar-refractivity contribution in [3.05, 3.63) is 85.1 Å². The van der Waals surface area contributed by atoms with Crippen molar-refractivity contribution in [3.63, 3.8) is 0 Å². The highest BCUT2D eigenvalue weighted by molar-refractivity contribution is 5.71. The predicted octanol–water partition coefficient (Wildman–Crippen LogP) is 14.5. The van der Waals surface area contributed by atoms with Crippen LogP contribution in [0.5, 0.6) is 0 Å². The molecule has 6 heteroatoms. The number of unbranched alkanes of at least 4 members (excludes halogenated alkanes) is 14. The second-order valence-corrected chi connectivity index (χ2v) is 14.6. The Hall–Kier alpha value is -3.41. The number of carbonyl (C=O) groups is 3. The number of esters is 3. The minimum Gasteiger partial charge on any atom is -0.462 e. The topological polar surface area (TPSA) is 78.9 Å². The summed E-state index contributed by atoms with van der Waals surface area (Å²) < 4.78 is 16.6. The van der Waals surface area contributed by atoms with E-state index >= 15 is 0 Å². The standard InChI is InChI=1S/C50H82O6/c1-4-7-10-13-16-19-21-23-24-25-26-27-29-31-34-37-40-43-49(52)55-46-47(45-54-48(51)42-39-36-33-30-18-15-12-9-6-3)56-50(53)44-41-38-35-32-28-22-20-17-14-11-8-5-2/h8,11,16-17,19-20,23-24,26-28,31-32,34,47H,4-7,9-10,12-15,18,21-22,25,29-30,33,35-46H2,1-3H3/b11-8-,19-16-,20-17-,24-23-,27-26-,32-28-,34-31-. The van der Waals surface area contributed by atoms with E-state index < -0.39 is 6.10 Å². The molecular weight excluding hydrogens is 697 g/mol. The Kier molecular flexibility index (Phi) is 41.6. The highest BCUT2D eigenvalue weighted by Gasteiger charge is 2.19. The van der Waals surface area contributed by atoms with Crippen LogP contribution in [0.4, 0.5) is 0 Å². The zero-order valence-electron chi connectivity index (χ0n) is 36.1. The Balaban J connectivity index is 4.51. The second-order valence-electron chi connectivity index (χ2n) is 14.6. The molecule has 0 aliphatic carbocycles. The van der Waals surface area contributed by atoms with Gasteiger partial charge in [-0.25, -0.2) is 0 Å². The maximum Gasteiger partial charge on any atom is 0.306 e. The minimum absolute atomic E-state index is 0.109. The van der Waals surface area contributed by atoms with Gasteiger partial charge in [0.15, 0.2) is 6.10 Å². The van der Waals surface area contributed by atoms with Crippen molar-refractivity contribution in [3.8, 4) is 0 Å². The van der Waals surface area contributed by atoms with Gasteiger partial charge in [0, 0.05) is 19.3 Å². The fourth-order valence-electron chi connectivity index (χ4n) is 5.74. The molecule has 6 nitrogen and oxygen atoms in total. The molecule has 56 heavy (non-hydrogen) atoms. The minimum atomic E-state index is -0.814. The SMILES string of the molecule is CC/C=C\C/C=C\C/C=C\CCCCC(=O)OC(COC(=O)CCC/C=C\C/C=C\C/C=C\C/C=C\CCCCC)COC(=O)CCCCCCCCCCC. The van der Waals surface area contributed by atoms with Gasteiger partial charge in [0.05, 0.1) is 0 Å². The van der Waals surface area contributed by atoms with Gasteiger partial charge in [-0.1, -0.05) is 170 Å². The van der Waals surface area contributed by atoms with Gasteiger partial charge in [-0.05, 0) is 89.9 Å². The molecule has 0 heterocycles. The first-order chi connectivity index (χ1) is 27.5. The molecule has 0 aromatic heterocycles. The Morgan fingerprint density at radius 2 is 0.714 bits per heavy atom. The van der Waals surface area contributed by atoms with Crippen molar-refractivity contribution >= 4 is 17.9 Å². The molecule has 0 saturated carbocycles. The van der Waals surface area contributed by atoms with Gasteiger partial charge >= 0.3 is 17.9 Å². The fraction of sp³-hybridized carbons (Fsp3) is 0.660. The van der Waals surface area contributed by atoms with Gasteiger partial charge in [0.2, 0.25) is 0 Å². The van der Waals surface area contributed by atoms with Crippen LogP contribution in [0.15, 0.2) is 85.1 Å². The van der Waals surface area contributed by atoms with E-state index in [4.69, 9.17) is 14.2 Å². The van der Waals surface area contributed by atoms with Gasteiger partial charge in [-0.3, -0.25) is 14.4 Å². The Morgan fingerprint density at radius 3 is 1.20 bits per heavy atom. The molecule has 0 N–H and O–H groups in total. The molecule has 0 saturated heterocycles. The van der Waals surface area contributed by atoms with E-state index in [9.17, 15) is 14.4 Å². The van der Waals surface area contributed by atoms with Crippen molar-refractivity contribution < 1.29 is 28.6 Å². The number of allylic oxidation sites excluding steroid dienone is 14. The summed E-state index contributed by atoms with van der Waals surface area (Å²) in [7, 11) is 0. The summed E-state index contributed by atoms with van der Waals surface area (Å²) in [5.41, 5.74) is 0. The molecule has 0 aromatic carbocycles. The lowest BCUT2D eigenvalue weighted by Crippen LogP contribution is -2.30. The first-order valence-corrected chi connectivity index (χ1v) is 22.6. The van der Waals surface area contributed by atoms with Crippen LogP contribution in [0.2, 0.25) is 0 Å². The third-order valence-corrected chi connectivity index (χ3v) is 9.13. The van der Waals surface area contributed by atoms with Crippen LogP contribution in [0.25, 0.3) is 0 Å². The number of ether oxygens (including phenoxy) is 3. The molecule has 0 spiro atoms. The normalized spacial score (nSPS) is 12.8. The van der Waals surface area contributed by atoms with E-state index in [-0.39, 0.29) is 44.0 Å². The van der Waals surface area contributed by atoms with Gasteiger partial charge in [-0.2, -0.15) is 0 Å². The summed E-state index contributed by atoms with van der Waals surface area (Å²) in [6.07, 6.45) is 55.8. The molecule has 0 amide bonds. The fourth-order valence-corrected chi connectivity index (χ4v) is 5.74. The molecule has 0 aliphatic heterocycles. The van der Waals surface area contributed by atoms with Crippen LogP contribution in [-0.4, -0.2) is 37.2 Å². The summed E-state index contributed by atoms with van der Waals surface area (Å²) in [6.45, 7) is 6.36. The number of hydrogen-bond donors (Lipinski definition) is 0. The zero-order chi connectivity index (χ0) is 40.8. The Morgan fingerprint density at radius 1 is 0.375 bits per heavy atom. The number of hydrogen-bond acceptors (Lipinski definition) is 6. The van der Waals surface area contributed by atoms with E-state index in [1.54, 1.807) is 0 Å². The van der Waals surface area contributed by atoms with Crippen molar-refractivity contribution in [2.45, 2.75) is 200 Å². The van der Waals surface area contributed by atoms with Crippen molar-refractivity contribution in [2.24, 2.45) is 0 Å². The van der Waals surface area contributed by atoms with Crippen molar-refractivity contribution in [1.29, 1.82) is 0 Å². The highest BCUT2D eigenvalue weighted by atomic mass is 16.6. The zero-order valence-corrected chi connectivity index (χ0v) is 36.1. The van der Waals surface area contributed by atoms with Gasteiger partial charge < -0.3 is 14.2 Å². The molecule has 0 aromatic rings. The van der Waals surface area contributed by atoms with Crippen LogP contribution < -0.4 is 0 Å². The molecule has 0 aliphatic rings. The summed E-state index contributed by atoms with van der Waals surface area (Å²) >= 11 is 0. The molecule has 0 rings (SSSR count). The van der Waals surface area contributed by atoms with E-state index in [0.29, 0.717) is 19.3 Å². The number of rotatable bonds is 39. The molecule has 1 unspecified atom stereocenters. The van der Waals surface area contributed by atoms with E-state index in [0.717, 1.165) is 77.0 Å². The quantitative estimate of drug-likeness (QED) is 0.0268. The average Bonchev–Trinajstić information content (AvgIpc) is 3.19. The van der Waals surface area contributed by atoms with Crippen molar-refractivity contribution in [2.75, 3.05) is 13.2 Å². The smallest absolute Gasteiger partial charge is 0.306 e. The lowest BCUT2D eigenvalue weighted by atomic mass is 10.1. The summed E-state index contributed by atoms with van der Waals surface area (Å²) in [5, 5.41) is 0. The van der Waals surface area contributed by atoms with Crippen molar-refractivity contribution in [1.82, 2.24) is 0 Å². The van der Waals surface area contributed by atoms with Gasteiger partial charge in [0.1, 0.15) is 13.2 Å². The molecule has 0 bridgehead atoms. The largest absolute Gasteiger partial charge is 0.462 e. The lowest BCUT2D eigenvalue weighted by molar-refractivity contribution is -0.167. The molecule has 318 valence electrons. The summed E-state index contributed by atoms with van der Waals surface area (Å²) in [5.74, 6) is -1.02. The Bertz CT molecular complexity index is 1120. The predicted molar refractivity (Wildman–Crippen MR) is 237 cm³/mol. The highest BCUT2D eigenvalue weighted by Crippen LogP contribution is 2.12. The van der Waals surface area contributed by atoms with Crippen LogP contribution in [-0.2, 0) is 28.6 Å². The number of carbonyl (C=O) groups excluding carboxylic acids is 3. The molecular formula is C50H82O6.